The van der Waals surface area contributed by atoms with Crippen LogP contribution in [0.3, 0.4) is 0 Å². The normalized spacial score (nSPS) is 31.4. The second kappa shape index (κ2) is 6.20. The number of aliphatic carboxylic acids is 1. The fourth-order valence-corrected chi connectivity index (χ4v) is 4.88. The van der Waals surface area contributed by atoms with Crippen LogP contribution in [0.5, 0.6) is 0 Å². The lowest BCUT2D eigenvalue weighted by Crippen LogP contribution is -2.54. The van der Waals surface area contributed by atoms with Gasteiger partial charge in [-0.15, -0.1) is 0 Å². The minimum Gasteiger partial charge on any atom is -0.550 e. The molecule has 25 heavy (non-hydrogen) atoms. The number of carbonyl (C=O) groups excluding carboxylic acids is 3. The van der Waals surface area contributed by atoms with Gasteiger partial charge < -0.3 is 24.1 Å². The van der Waals surface area contributed by atoms with Gasteiger partial charge in [0.1, 0.15) is 0 Å². The number of nitrogens with zero attached hydrogens (tertiary/aromatic N) is 2. The van der Waals surface area contributed by atoms with Gasteiger partial charge in [-0.05, 0) is 43.2 Å². The van der Waals surface area contributed by atoms with Crippen molar-refractivity contribution >= 4 is 17.8 Å². The number of furan rings is 1. The van der Waals surface area contributed by atoms with E-state index < -0.39 is 17.8 Å². The molecule has 3 aliphatic rings. The Morgan fingerprint density at radius 2 is 1.64 bits per heavy atom. The summed E-state index contributed by atoms with van der Waals surface area (Å²) < 4.78 is 5.13. The van der Waals surface area contributed by atoms with Crippen molar-refractivity contribution in [3.63, 3.8) is 0 Å². The van der Waals surface area contributed by atoms with E-state index in [9.17, 15) is 19.5 Å². The molecule has 2 bridgehead atoms. The fourth-order valence-electron chi connectivity index (χ4n) is 4.88. The van der Waals surface area contributed by atoms with E-state index in [-0.39, 0.29) is 23.7 Å². The van der Waals surface area contributed by atoms with Crippen LogP contribution in [0.25, 0.3) is 0 Å². The molecule has 2 aliphatic carbocycles. The van der Waals surface area contributed by atoms with Gasteiger partial charge in [0.25, 0.3) is 5.91 Å². The van der Waals surface area contributed by atoms with Crippen LogP contribution in [-0.4, -0.2) is 53.8 Å². The highest BCUT2D eigenvalue weighted by atomic mass is 16.4. The van der Waals surface area contributed by atoms with Crippen LogP contribution in [0.2, 0.25) is 0 Å². The summed E-state index contributed by atoms with van der Waals surface area (Å²) >= 11 is 0. The van der Waals surface area contributed by atoms with Crippen LogP contribution in [0.4, 0.5) is 0 Å². The van der Waals surface area contributed by atoms with Gasteiger partial charge in [0.05, 0.1) is 6.26 Å². The molecule has 7 heteroatoms. The maximum Gasteiger partial charge on any atom is 0.289 e. The molecular formula is C18H21N2O5-. The molecule has 7 nitrogen and oxygen atoms in total. The van der Waals surface area contributed by atoms with Crippen molar-refractivity contribution in [1.82, 2.24) is 9.80 Å². The summed E-state index contributed by atoms with van der Waals surface area (Å²) in [6.07, 6.45) is 4.11. The van der Waals surface area contributed by atoms with E-state index in [2.05, 4.69) is 0 Å². The van der Waals surface area contributed by atoms with Gasteiger partial charge in [-0.25, -0.2) is 0 Å². The topological polar surface area (TPSA) is 93.9 Å². The molecule has 2 amide bonds. The molecule has 1 aromatic rings. The van der Waals surface area contributed by atoms with E-state index in [1.165, 1.54) is 6.26 Å². The molecule has 0 unspecified atom stereocenters. The summed E-state index contributed by atoms with van der Waals surface area (Å²) in [5, 5.41) is 11.5. The largest absolute Gasteiger partial charge is 0.550 e. The standard InChI is InChI=1S/C18H22N2O5/c21-16(13-2-1-9-25-13)19-5-7-20(8-6-19)17(22)14-11-3-4-12(10-11)15(14)18(23)24/h1-2,9,11-12,14-15H,3-8,10H2,(H,23,24)/p-1/t11-,12-,14+,15+/m1/s1. The number of carboxylic acid groups (broad SMARTS) is 1. The molecule has 2 saturated carbocycles. The van der Waals surface area contributed by atoms with Gasteiger partial charge >= 0.3 is 0 Å². The van der Waals surface area contributed by atoms with E-state index in [0.717, 1.165) is 19.3 Å². The molecule has 0 N–H and O–H groups in total. The second-order valence-electron chi connectivity index (χ2n) is 7.30. The molecule has 0 radical (unpaired) electrons. The van der Waals surface area contributed by atoms with Gasteiger partial charge in [-0.2, -0.15) is 0 Å². The van der Waals surface area contributed by atoms with Crippen LogP contribution in [-0.2, 0) is 9.59 Å². The number of hydrogen-bond acceptors (Lipinski definition) is 5. The second-order valence-corrected chi connectivity index (χ2v) is 7.30. The maximum atomic E-state index is 12.9. The molecule has 2 heterocycles. The van der Waals surface area contributed by atoms with Gasteiger partial charge in [0.2, 0.25) is 5.91 Å². The Labute approximate surface area is 145 Å². The van der Waals surface area contributed by atoms with E-state index >= 15 is 0 Å². The van der Waals surface area contributed by atoms with Crippen molar-refractivity contribution in [1.29, 1.82) is 0 Å². The van der Waals surface area contributed by atoms with Crippen molar-refractivity contribution in [2.24, 2.45) is 23.7 Å². The first-order valence-electron chi connectivity index (χ1n) is 8.88. The molecule has 4 rings (SSSR count). The van der Waals surface area contributed by atoms with Crippen molar-refractivity contribution in [2.45, 2.75) is 19.3 Å². The molecule has 1 aromatic heterocycles. The smallest absolute Gasteiger partial charge is 0.289 e. The summed E-state index contributed by atoms with van der Waals surface area (Å²) in [7, 11) is 0. The Morgan fingerprint density at radius 1 is 1.00 bits per heavy atom. The highest BCUT2D eigenvalue weighted by Crippen LogP contribution is 2.52. The zero-order valence-corrected chi connectivity index (χ0v) is 13.9. The minimum absolute atomic E-state index is 0.0773. The summed E-state index contributed by atoms with van der Waals surface area (Å²) in [4.78, 5) is 40.1. The SMILES string of the molecule is O=C([O-])[C@H]1[C@@H]2CC[C@H](C2)[C@@H]1C(=O)N1CCN(C(=O)c2ccco2)CC1. The first-order chi connectivity index (χ1) is 12.1. The van der Waals surface area contributed by atoms with Crippen molar-refractivity contribution < 1.29 is 23.9 Å². The molecule has 0 aromatic carbocycles. The fraction of sp³-hybridized carbons (Fsp3) is 0.611. The number of rotatable bonds is 3. The maximum absolute atomic E-state index is 12.9. The van der Waals surface area contributed by atoms with Crippen LogP contribution in [0, 0.1) is 23.7 Å². The van der Waals surface area contributed by atoms with E-state index in [4.69, 9.17) is 4.42 Å². The molecular weight excluding hydrogens is 324 g/mol. The predicted octanol–water partition coefficient (Wildman–Crippen LogP) is -0.0238. The van der Waals surface area contributed by atoms with Gasteiger partial charge in [0.15, 0.2) is 5.76 Å². The van der Waals surface area contributed by atoms with Crippen LogP contribution in [0.1, 0.15) is 29.8 Å². The number of carbonyl (C=O) groups is 3. The quantitative estimate of drug-likeness (QED) is 0.767. The number of fused-ring (bicyclic) bond motifs is 2. The Balaban J connectivity index is 1.40. The lowest BCUT2D eigenvalue weighted by molar-refractivity contribution is -0.314. The lowest BCUT2D eigenvalue weighted by atomic mass is 9.78. The third-order valence-corrected chi connectivity index (χ3v) is 6.08. The van der Waals surface area contributed by atoms with Crippen LogP contribution < -0.4 is 5.11 Å². The van der Waals surface area contributed by atoms with Gasteiger partial charge in [0, 0.05) is 44.0 Å². The third kappa shape index (κ3) is 2.71. The minimum atomic E-state index is -1.09. The zero-order chi connectivity index (χ0) is 17.6. The first kappa shape index (κ1) is 16.2. The van der Waals surface area contributed by atoms with Gasteiger partial charge in [-0.3, -0.25) is 9.59 Å². The zero-order valence-electron chi connectivity index (χ0n) is 13.9. The Bertz CT molecular complexity index is 678. The highest BCUT2D eigenvalue weighted by molar-refractivity contribution is 5.92. The van der Waals surface area contributed by atoms with Gasteiger partial charge in [-0.1, -0.05) is 0 Å². The van der Waals surface area contributed by atoms with E-state index in [1.807, 2.05) is 0 Å². The van der Waals surface area contributed by atoms with E-state index in [1.54, 1.807) is 21.9 Å². The molecule has 1 saturated heterocycles. The van der Waals surface area contributed by atoms with Crippen molar-refractivity contribution in [3.8, 4) is 0 Å². The van der Waals surface area contributed by atoms with Crippen LogP contribution in [0.15, 0.2) is 22.8 Å². The summed E-state index contributed by atoms with van der Waals surface area (Å²) in [6.45, 7) is 1.72. The molecule has 0 spiro atoms. The average Bonchev–Trinajstić information content (AvgIpc) is 3.36. The summed E-state index contributed by atoms with van der Waals surface area (Å²) in [5.74, 6) is -1.88. The summed E-state index contributed by atoms with van der Waals surface area (Å²) in [5.41, 5.74) is 0. The number of hydrogen-bond donors (Lipinski definition) is 0. The molecule has 1 aliphatic heterocycles. The number of amides is 2. The lowest BCUT2D eigenvalue weighted by Gasteiger charge is -2.39. The Morgan fingerprint density at radius 3 is 2.24 bits per heavy atom. The first-order valence-corrected chi connectivity index (χ1v) is 8.88. The Hall–Kier alpha value is -2.31. The van der Waals surface area contributed by atoms with Crippen molar-refractivity contribution in [3.05, 3.63) is 24.2 Å². The summed E-state index contributed by atoms with van der Waals surface area (Å²) in [6, 6.07) is 3.29. The van der Waals surface area contributed by atoms with Crippen LogP contribution >= 0.6 is 0 Å². The average molecular weight is 345 g/mol. The monoisotopic (exact) mass is 345 g/mol. The molecule has 3 fully saturated rings. The molecule has 134 valence electrons. The van der Waals surface area contributed by atoms with Crippen molar-refractivity contribution in [2.75, 3.05) is 26.2 Å². The van der Waals surface area contributed by atoms with E-state index in [0.29, 0.717) is 31.9 Å². The third-order valence-electron chi connectivity index (χ3n) is 6.08. The highest BCUT2D eigenvalue weighted by Gasteiger charge is 2.52. The molecule has 4 atom stereocenters. The number of carboxylic acids is 1. The Kier molecular flexibility index (Phi) is 4.01. The predicted molar refractivity (Wildman–Crippen MR) is 84.0 cm³/mol. The number of piperazine rings is 1.